The number of carbonyl (C=O) groups excluding carboxylic acids is 1. The van der Waals surface area contributed by atoms with Gasteiger partial charge in [-0.25, -0.2) is 9.79 Å². The maximum atomic E-state index is 10.1. The summed E-state index contributed by atoms with van der Waals surface area (Å²) >= 11 is 7.75. The molecule has 0 N–H and O–H groups in total. The third-order valence-corrected chi connectivity index (χ3v) is 3.86. The summed E-state index contributed by atoms with van der Waals surface area (Å²) in [5.74, 6) is 1.41. The van der Waals surface area contributed by atoms with Crippen LogP contribution in [0.1, 0.15) is 17.9 Å². The number of hydrogen-bond donors (Lipinski definition) is 0. The Morgan fingerprint density at radius 1 is 1.60 bits per heavy atom. The average Bonchev–Trinajstić information content (AvgIpc) is 2.25. The fourth-order valence-electron chi connectivity index (χ4n) is 1.77. The predicted molar refractivity (Wildman–Crippen MR) is 62.5 cm³/mol. The first-order chi connectivity index (χ1) is 7.31. The summed E-state index contributed by atoms with van der Waals surface area (Å²) in [6, 6.07) is 5.91. The van der Waals surface area contributed by atoms with Gasteiger partial charge in [0.25, 0.3) is 0 Å². The molecule has 0 spiro atoms. The smallest absolute Gasteiger partial charge is 0.211 e. The number of benzene rings is 1. The molecule has 0 saturated heterocycles. The Morgan fingerprint density at radius 2 is 2.47 bits per heavy atom. The molecule has 78 valence electrons. The fraction of sp³-hybridized carbons (Fsp3) is 0.364. The molecule has 2 nitrogen and oxygen atoms in total. The Labute approximate surface area is 97.7 Å². The number of fused-ring (bicyclic) bond motifs is 1. The van der Waals surface area contributed by atoms with E-state index < -0.39 is 0 Å². The van der Waals surface area contributed by atoms with Gasteiger partial charge in [0.2, 0.25) is 6.08 Å². The van der Waals surface area contributed by atoms with Gasteiger partial charge >= 0.3 is 0 Å². The maximum absolute atomic E-state index is 10.1. The molecule has 0 aliphatic carbocycles. The Balaban J connectivity index is 2.29. The molecule has 1 heterocycles. The second-order valence-electron chi connectivity index (χ2n) is 3.45. The van der Waals surface area contributed by atoms with E-state index in [1.165, 1.54) is 10.5 Å². The lowest BCUT2D eigenvalue weighted by molar-refractivity contribution is 0.559. The SMILES string of the molecule is O=C=NCC1CCSc2cc(Cl)ccc21. The van der Waals surface area contributed by atoms with E-state index in [2.05, 4.69) is 4.99 Å². The largest absolute Gasteiger partial charge is 0.234 e. The molecular formula is C11H10ClNOS. The maximum Gasteiger partial charge on any atom is 0.234 e. The van der Waals surface area contributed by atoms with Crippen LogP contribution in [0.5, 0.6) is 0 Å². The summed E-state index contributed by atoms with van der Waals surface area (Å²) in [6.45, 7) is 0.540. The summed E-state index contributed by atoms with van der Waals surface area (Å²) in [6.07, 6.45) is 2.66. The first-order valence-electron chi connectivity index (χ1n) is 4.77. The van der Waals surface area contributed by atoms with E-state index in [0.29, 0.717) is 12.5 Å². The predicted octanol–water partition coefficient (Wildman–Crippen LogP) is 3.26. The van der Waals surface area contributed by atoms with E-state index in [-0.39, 0.29) is 0 Å². The van der Waals surface area contributed by atoms with Crippen LogP contribution in [0.2, 0.25) is 5.02 Å². The lowest BCUT2D eigenvalue weighted by Gasteiger charge is -2.23. The zero-order chi connectivity index (χ0) is 10.7. The second-order valence-corrected chi connectivity index (χ2v) is 5.02. The zero-order valence-electron chi connectivity index (χ0n) is 8.07. The summed E-state index contributed by atoms with van der Waals surface area (Å²) in [5, 5.41) is 0.765. The van der Waals surface area contributed by atoms with Gasteiger partial charge < -0.3 is 0 Å². The molecule has 0 aromatic heterocycles. The highest BCUT2D eigenvalue weighted by Gasteiger charge is 2.20. The van der Waals surface area contributed by atoms with Crippen molar-refractivity contribution in [3.8, 4) is 0 Å². The van der Waals surface area contributed by atoms with E-state index in [0.717, 1.165) is 17.2 Å². The van der Waals surface area contributed by atoms with Gasteiger partial charge in [-0.3, -0.25) is 0 Å². The normalized spacial score (nSPS) is 19.1. The van der Waals surface area contributed by atoms with Crippen molar-refractivity contribution >= 4 is 29.4 Å². The molecule has 0 saturated carbocycles. The monoisotopic (exact) mass is 239 g/mol. The van der Waals surface area contributed by atoms with Crippen LogP contribution in [0.25, 0.3) is 0 Å². The van der Waals surface area contributed by atoms with Crippen molar-refractivity contribution in [1.82, 2.24) is 0 Å². The van der Waals surface area contributed by atoms with E-state index in [4.69, 9.17) is 11.6 Å². The van der Waals surface area contributed by atoms with E-state index in [9.17, 15) is 4.79 Å². The summed E-state index contributed by atoms with van der Waals surface area (Å²) in [7, 11) is 0. The topological polar surface area (TPSA) is 29.4 Å². The van der Waals surface area contributed by atoms with Gasteiger partial charge in [0.05, 0.1) is 6.54 Å². The number of nitrogens with zero attached hydrogens (tertiary/aromatic N) is 1. The van der Waals surface area contributed by atoms with E-state index in [1.54, 1.807) is 6.08 Å². The molecule has 0 amide bonds. The third-order valence-electron chi connectivity index (χ3n) is 2.52. The van der Waals surface area contributed by atoms with Crippen LogP contribution in [-0.2, 0) is 4.79 Å². The zero-order valence-corrected chi connectivity index (χ0v) is 9.64. The Bertz CT molecular complexity index is 415. The van der Waals surface area contributed by atoms with Gasteiger partial charge in [-0.15, -0.1) is 11.8 Å². The van der Waals surface area contributed by atoms with Gasteiger partial charge in [-0.05, 0) is 29.9 Å². The molecule has 0 radical (unpaired) electrons. The van der Waals surface area contributed by atoms with Gasteiger partial charge in [0.1, 0.15) is 0 Å². The van der Waals surface area contributed by atoms with Crippen molar-refractivity contribution in [2.75, 3.05) is 12.3 Å². The molecule has 1 aromatic rings. The molecule has 1 atom stereocenters. The highest BCUT2D eigenvalue weighted by Crippen LogP contribution is 2.38. The summed E-state index contributed by atoms with van der Waals surface area (Å²) in [4.78, 5) is 15.0. The van der Waals surface area contributed by atoms with Crippen LogP contribution >= 0.6 is 23.4 Å². The average molecular weight is 240 g/mol. The van der Waals surface area contributed by atoms with Crippen LogP contribution < -0.4 is 0 Å². The minimum absolute atomic E-state index is 0.347. The number of aliphatic imine (C=N–C) groups is 1. The molecule has 1 aromatic carbocycles. The van der Waals surface area contributed by atoms with Gasteiger partial charge in [-0.1, -0.05) is 17.7 Å². The highest BCUT2D eigenvalue weighted by molar-refractivity contribution is 7.99. The molecule has 4 heteroatoms. The molecule has 0 bridgehead atoms. The van der Waals surface area contributed by atoms with Crippen LogP contribution in [-0.4, -0.2) is 18.4 Å². The van der Waals surface area contributed by atoms with Crippen molar-refractivity contribution in [2.24, 2.45) is 4.99 Å². The van der Waals surface area contributed by atoms with Crippen LogP contribution in [0, 0.1) is 0 Å². The first kappa shape index (κ1) is 10.7. The molecule has 15 heavy (non-hydrogen) atoms. The number of hydrogen-bond acceptors (Lipinski definition) is 3. The molecule has 2 rings (SSSR count). The molecule has 1 aliphatic rings. The minimum Gasteiger partial charge on any atom is -0.211 e. The number of isocyanates is 1. The summed E-state index contributed by atoms with van der Waals surface area (Å²) < 4.78 is 0. The third kappa shape index (κ3) is 2.43. The van der Waals surface area contributed by atoms with Crippen molar-refractivity contribution in [1.29, 1.82) is 0 Å². The van der Waals surface area contributed by atoms with Crippen LogP contribution in [0.15, 0.2) is 28.1 Å². The van der Waals surface area contributed by atoms with Crippen molar-refractivity contribution in [3.05, 3.63) is 28.8 Å². The summed E-state index contributed by atoms with van der Waals surface area (Å²) in [5.41, 5.74) is 1.26. The lowest BCUT2D eigenvalue weighted by Crippen LogP contribution is -2.10. The van der Waals surface area contributed by atoms with Crippen molar-refractivity contribution in [3.63, 3.8) is 0 Å². The van der Waals surface area contributed by atoms with Gasteiger partial charge in [0.15, 0.2) is 0 Å². The minimum atomic E-state index is 0.347. The highest BCUT2D eigenvalue weighted by atomic mass is 35.5. The van der Waals surface area contributed by atoms with Crippen LogP contribution in [0.3, 0.4) is 0 Å². The molecule has 0 fully saturated rings. The quantitative estimate of drug-likeness (QED) is 0.586. The van der Waals surface area contributed by atoms with E-state index >= 15 is 0 Å². The second kappa shape index (κ2) is 4.84. The number of halogens is 1. The van der Waals surface area contributed by atoms with Gasteiger partial charge in [0, 0.05) is 15.8 Å². The fourth-order valence-corrected chi connectivity index (χ4v) is 3.24. The lowest BCUT2D eigenvalue weighted by atomic mass is 9.96. The number of thioether (sulfide) groups is 1. The van der Waals surface area contributed by atoms with E-state index in [1.807, 2.05) is 30.0 Å². The van der Waals surface area contributed by atoms with Gasteiger partial charge in [-0.2, -0.15) is 0 Å². The van der Waals surface area contributed by atoms with Crippen molar-refractivity contribution in [2.45, 2.75) is 17.2 Å². The van der Waals surface area contributed by atoms with Crippen molar-refractivity contribution < 1.29 is 4.79 Å². The Morgan fingerprint density at radius 3 is 3.27 bits per heavy atom. The number of rotatable bonds is 2. The first-order valence-corrected chi connectivity index (χ1v) is 6.13. The Kier molecular flexibility index (Phi) is 3.47. The molecular weight excluding hydrogens is 230 g/mol. The Hall–Kier alpha value is -0.760. The standard InChI is InChI=1S/C11H10ClNOS/c12-9-1-2-10-8(6-13-7-14)3-4-15-11(10)5-9/h1-2,5,8H,3-4,6H2. The molecule has 1 unspecified atom stereocenters. The molecule has 1 aliphatic heterocycles. The van der Waals surface area contributed by atoms with Crippen LogP contribution in [0.4, 0.5) is 0 Å².